The summed E-state index contributed by atoms with van der Waals surface area (Å²) >= 11 is 0. The van der Waals surface area contributed by atoms with Gasteiger partial charge in [-0.3, -0.25) is 0 Å². The Morgan fingerprint density at radius 3 is 3.12 bits per heavy atom. The second-order valence-corrected chi connectivity index (χ2v) is 2.98. The van der Waals surface area contributed by atoms with Crippen LogP contribution in [0.2, 0.25) is 0 Å². The van der Waals surface area contributed by atoms with Crippen LogP contribution in [0.15, 0.2) is 18.2 Å². The molecule has 0 unspecified atom stereocenters. The fourth-order valence-corrected chi connectivity index (χ4v) is 1.17. The lowest BCUT2D eigenvalue weighted by Gasteiger charge is -2.05. The Kier molecular flexibility index (Phi) is 3.27. The molecule has 2 aromatic rings. The van der Waals surface area contributed by atoms with Crippen molar-refractivity contribution in [1.29, 1.82) is 0 Å². The molecule has 0 saturated carbocycles. The van der Waals surface area contributed by atoms with E-state index in [1.807, 2.05) is 25.1 Å². The molecule has 0 bridgehead atoms. The van der Waals surface area contributed by atoms with Crippen molar-refractivity contribution < 1.29 is 4.74 Å². The average molecular weight is 220 g/mol. The van der Waals surface area contributed by atoms with E-state index in [0.717, 1.165) is 5.82 Å². The van der Waals surface area contributed by atoms with Crippen molar-refractivity contribution in [2.75, 3.05) is 11.9 Å². The summed E-state index contributed by atoms with van der Waals surface area (Å²) in [5.74, 6) is 1.90. The molecule has 0 saturated heterocycles. The number of aromatic amines is 1. The number of rotatable bonds is 5. The second kappa shape index (κ2) is 5.06. The summed E-state index contributed by atoms with van der Waals surface area (Å²) in [5.41, 5.74) is 0. The number of anilines is 1. The van der Waals surface area contributed by atoms with E-state index >= 15 is 0 Å². The first-order chi connectivity index (χ1) is 7.88. The molecule has 0 aliphatic heterocycles. The Balaban J connectivity index is 1.96. The predicted molar refractivity (Wildman–Crippen MR) is 56.9 cm³/mol. The van der Waals surface area contributed by atoms with Gasteiger partial charge in [-0.05, 0) is 13.0 Å². The SMILES string of the molecule is CCOc1cccc(NCc2nn[nH]n2)n1. The number of ether oxygens (including phenoxy) is 1. The maximum atomic E-state index is 5.28. The second-order valence-electron chi connectivity index (χ2n) is 2.98. The monoisotopic (exact) mass is 220 g/mol. The molecule has 0 aliphatic carbocycles. The van der Waals surface area contributed by atoms with Gasteiger partial charge >= 0.3 is 0 Å². The van der Waals surface area contributed by atoms with Crippen molar-refractivity contribution in [2.45, 2.75) is 13.5 Å². The first-order valence-electron chi connectivity index (χ1n) is 4.94. The summed E-state index contributed by atoms with van der Waals surface area (Å²) in [6.07, 6.45) is 0. The van der Waals surface area contributed by atoms with Crippen molar-refractivity contribution in [1.82, 2.24) is 25.6 Å². The van der Waals surface area contributed by atoms with Crippen molar-refractivity contribution in [2.24, 2.45) is 0 Å². The highest BCUT2D eigenvalue weighted by Crippen LogP contribution is 2.11. The van der Waals surface area contributed by atoms with Gasteiger partial charge in [-0.2, -0.15) is 10.2 Å². The number of hydrogen-bond acceptors (Lipinski definition) is 6. The molecule has 2 aromatic heterocycles. The zero-order valence-electron chi connectivity index (χ0n) is 8.84. The van der Waals surface area contributed by atoms with Gasteiger partial charge in [0.25, 0.3) is 0 Å². The average Bonchev–Trinajstić information content (AvgIpc) is 2.80. The Morgan fingerprint density at radius 1 is 1.44 bits per heavy atom. The molecule has 16 heavy (non-hydrogen) atoms. The summed E-state index contributed by atoms with van der Waals surface area (Å²) < 4.78 is 5.28. The zero-order chi connectivity index (χ0) is 11.2. The summed E-state index contributed by atoms with van der Waals surface area (Å²) in [6.45, 7) is 2.99. The molecule has 0 aromatic carbocycles. The van der Waals surface area contributed by atoms with E-state index in [-0.39, 0.29) is 0 Å². The van der Waals surface area contributed by atoms with Gasteiger partial charge in [-0.1, -0.05) is 11.3 Å². The molecule has 2 rings (SSSR count). The smallest absolute Gasteiger partial charge is 0.215 e. The van der Waals surface area contributed by atoms with Crippen molar-refractivity contribution >= 4 is 5.82 Å². The van der Waals surface area contributed by atoms with Gasteiger partial charge < -0.3 is 10.1 Å². The molecule has 2 N–H and O–H groups in total. The van der Waals surface area contributed by atoms with Crippen LogP contribution in [0.1, 0.15) is 12.7 Å². The standard InChI is InChI=1S/C9H12N6O/c1-2-16-9-5-3-4-7(11-9)10-6-8-12-14-15-13-8/h3-5H,2,6H2,1H3,(H,10,11)(H,12,13,14,15). The van der Waals surface area contributed by atoms with E-state index in [9.17, 15) is 0 Å². The van der Waals surface area contributed by atoms with E-state index in [1.54, 1.807) is 0 Å². The van der Waals surface area contributed by atoms with E-state index in [2.05, 4.69) is 30.9 Å². The molecule has 0 radical (unpaired) electrons. The maximum Gasteiger partial charge on any atom is 0.215 e. The van der Waals surface area contributed by atoms with Gasteiger partial charge in [0.1, 0.15) is 5.82 Å². The van der Waals surface area contributed by atoms with Gasteiger partial charge in [0, 0.05) is 6.07 Å². The lowest BCUT2D eigenvalue weighted by atomic mass is 10.4. The molecule has 0 atom stereocenters. The van der Waals surface area contributed by atoms with Gasteiger partial charge in [0.2, 0.25) is 5.88 Å². The van der Waals surface area contributed by atoms with E-state index in [4.69, 9.17) is 4.74 Å². The normalized spacial score (nSPS) is 10.1. The molecule has 0 spiro atoms. The van der Waals surface area contributed by atoms with Crippen molar-refractivity contribution in [3.05, 3.63) is 24.0 Å². The van der Waals surface area contributed by atoms with Crippen LogP contribution in [0.4, 0.5) is 5.82 Å². The van der Waals surface area contributed by atoms with Crippen LogP contribution >= 0.6 is 0 Å². The Hall–Kier alpha value is -2.18. The number of tetrazole rings is 1. The molecular formula is C9H12N6O. The number of aromatic nitrogens is 5. The maximum absolute atomic E-state index is 5.28. The van der Waals surface area contributed by atoms with Gasteiger partial charge in [0.15, 0.2) is 5.82 Å². The third-order valence-corrected chi connectivity index (χ3v) is 1.83. The minimum atomic E-state index is 0.471. The van der Waals surface area contributed by atoms with E-state index < -0.39 is 0 Å². The first-order valence-corrected chi connectivity index (χ1v) is 4.94. The Morgan fingerprint density at radius 2 is 2.38 bits per heavy atom. The van der Waals surface area contributed by atoms with Gasteiger partial charge in [0.05, 0.1) is 13.2 Å². The number of nitrogens with one attached hydrogen (secondary N) is 2. The Bertz CT molecular complexity index is 429. The third kappa shape index (κ3) is 2.66. The van der Waals surface area contributed by atoms with E-state index in [1.165, 1.54) is 0 Å². The molecule has 7 heteroatoms. The first kappa shape index (κ1) is 10.3. The molecule has 84 valence electrons. The summed E-state index contributed by atoms with van der Waals surface area (Å²) in [4.78, 5) is 4.24. The lowest BCUT2D eigenvalue weighted by Crippen LogP contribution is -2.04. The minimum absolute atomic E-state index is 0.471. The molecule has 7 nitrogen and oxygen atoms in total. The van der Waals surface area contributed by atoms with Crippen LogP contribution in [-0.2, 0) is 6.54 Å². The highest BCUT2D eigenvalue weighted by atomic mass is 16.5. The van der Waals surface area contributed by atoms with Crippen LogP contribution in [0.5, 0.6) is 5.88 Å². The number of H-pyrrole nitrogens is 1. The number of pyridine rings is 1. The van der Waals surface area contributed by atoms with Crippen LogP contribution in [0, 0.1) is 0 Å². The zero-order valence-corrected chi connectivity index (χ0v) is 8.84. The summed E-state index contributed by atoms with van der Waals surface area (Å²) in [5, 5.41) is 16.6. The van der Waals surface area contributed by atoms with Crippen molar-refractivity contribution in [3.8, 4) is 5.88 Å². The fraction of sp³-hybridized carbons (Fsp3) is 0.333. The fourth-order valence-electron chi connectivity index (χ4n) is 1.17. The topological polar surface area (TPSA) is 88.6 Å². The molecule has 0 fully saturated rings. The summed E-state index contributed by atoms with van der Waals surface area (Å²) in [6, 6.07) is 5.53. The minimum Gasteiger partial charge on any atom is -0.478 e. The molecule has 0 amide bonds. The number of nitrogens with zero attached hydrogens (tertiary/aromatic N) is 4. The molecule has 2 heterocycles. The number of hydrogen-bond donors (Lipinski definition) is 2. The third-order valence-electron chi connectivity index (χ3n) is 1.83. The van der Waals surface area contributed by atoms with Crippen LogP contribution in [0.3, 0.4) is 0 Å². The largest absolute Gasteiger partial charge is 0.478 e. The quantitative estimate of drug-likeness (QED) is 0.767. The van der Waals surface area contributed by atoms with Gasteiger partial charge in [-0.25, -0.2) is 0 Å². The molecular weight excluding hydrogens is 208 g/mol. The van der Waals surface area contributed by atoms with Crippen LogP contribution in [-0.4, -0.2) is 32.2 Å². The summed E-state index contributed by atoms with van der Waals surface area (Å²) in [7, 11) is 0. The Labute approximate surface area is 92.2 Å². The van der Waals surface area contributed by atoms with Crippen molar-refractivity contribution in [3.63, 3.8) is 0 Å². The lowest BCUT2D eigenvalue weighted by molar-refractivity contribution is 0.327. The highest BCUT2D eigenvalue weighted by molar-refractivity contribution is 5.36. The van der Waals surface area contributed by atoms with Crippen LogP contribution in [0.25, 0.3) is 0 Å². The predicted octanol–water partition coefficient (Wildman–Crippen LogP) is 0.605. The highest BCUT2D eigenvalue weighted by Gasteiger charge is 2.00. The van der Waals surface area contributed by atoms with E-state index in [0.29, 0.717) is 24.9 Å². The molecule has 0 aliphatic rings. The van der Waals surface area contributed by atoms with Crippen LogP contribution < -0.4 is 10.1 Å². The van der Waals surface area contributed by atoms with Gasteiger partial charge in [-0.15, -0.1) is 10.2 Å².